The summed E-state index contributed by atoms with van der Waals surface area (Å²) in [6, 6.07) is 16.1. The van der Waals surface area contributed by atoms with Crippen LogP contribution in [0.2, 0.25) is 5.02 Å². The minimum Gasteiger partial charge on any atom is -0.496 e. The lowest BCUT2D eigenvalue weighted by molar-refractivity contribution is 0.0951. The van der Waals surface area contributed by atoms with Gasteiger partial charge in [-0.25, -0.2) is 35.9 Å². The van der Waals surface area contributed by atoms with E-state index < -0.39 is 32.1 Å². The molecular formula is C42H56ClN5O8S2. The van der Waals surface area contributed by atoms with Gasteiger partial charge in [0.05, 0.1) is 22.5 Å². The number of benzene rings is 3. The Hall–Kier alpha value is -4.34. The molecule has 0 aromatic heterocycles. The van der Waals surface area contributed by atoms with Gasteiger partial charge in [-0.3, -0.25) is 4.79 Å². The van der Waals surface area contributed by atoms with Gasteiger partial charge in [-0.05, 0) is 110 Å². The van der Waals surface area contributed by atoms with Gasteiger partial charge in [0, 0.05) is 23.7 Å². The summed E-state index contributed by atoms with van der Waals surface area (Å²) in [5, 5.41) is 8.91. The summed E-state index contributed by atoms with van der Waals surface area (Å²) in [5.41, 5.74) is 2.45. The molecule has 3 saturated carbocycles. The van der Waals surface area contributed by atoms with Gasteiger partial charge in [-0.2, -0.15) is 0 Å². The molecule has 58 heavy (non-hydrogen) atoms. The number of aryl methyl sites for hydroxylation is 1. The standard InChI is InChI=1S/C23H28ClN3O5S.C19H28N2O3S/c1-32-21-12-9-17(24)15-20(21)22(28)25-14-13-16-7-10-19(11-8-16)33(30,31)27-23(29)26-18-5-3-2-4-6-18;1-12-6-8-14(9-7-12)25(23,24)21-17(22)20-16-13(2)19(5)11-10-15(16)18(19,3)4/h7-12,15,18H,2-6,13-14H2,1H3,(H,25,28)(H2,26,27,29);6-9,13,15-16H,10-11H2,1-5H3,(H2,20,21,22). The maximum atomic E-state index is 12.5. The SMILES string of the molecule is COc1ccc(Cl)cc1C(=O)NCCc1ccc(S(=O)(=O)NC(=O)NC2CCCCC2)cc1.Cc1ccc(S(=O)(=O)NC(=O)NC2C3CCC(C)(C2C)C3(C)C)cc1. The topological polar surface area (TPSA) is 189 Å². The summed E-state index contributed by atoms with van der Waals surface area (Å²) in [7, 11) is -6.35. The predicted octanol–water partition coefficient (Wildman–Crippen LogP) is 7.09. The lowest BCUT2D eigenvalue weighted by Gasteiger charge is -2.38. The molecule has 3 aliphatic carbocycles. The van der Waals surface area contributed by atoms with Crippen molar-refractivity contribution in [3.63, 3.8) is 0 Å². The fourth-order valence-corrected chi connectivity index (χ4v) is 10.8. The van der Waals surface area contributed by atoms with E-state index in [1.54, 1.807) is 36.4 Å². The van der Waals surface area contributed by atoms with Crippen LogP contribution in [0.15, 0.2) is 76.5 Å². The van der Waals surface area contributed by atoms with E-state index in [-0.39, 0.29) is 38.6 Å². The first-order valence-corrected chi connectivity index (χ1v) is 23.1. The number of sulfonamides is 2. The summed E-state index contributed by atoms with van der Waals surface area (Å²) in [6.07, 6.45) is 7.66. The van der Waals surface area contributed by atoms with Gasteiger partial charge in [0.15, 0.2) is 0 Å². The Morgan fingerprint density at radius 2 is 1.36 bits per heavy atom. The summed E-state index contributed by atoms with van der Waals surface area (Å²) in [5.74, 6) is 0.794. The van der Waals surface area contributed by atoms with Crippen molar-refractivity contribution in [1.82, 2.24) is 25.4 Å². The first kappa shape index (κ1) is 44.8. The molecule has 0 heterocycles. The Kier molecular flexibility index (Phi) is 14.1. The monoisotopic (exact) mass is 857 g/mol. The zero-order chi connectivity index (χ0) is 42.5. The number of nitrogens with one attached hydrogen (secondary N) is 5. The maximum absolute atomic E-state index is 12.5. The van der Waals surface area contributed by atoms with Crippen LogP contribution in [0, 0.1) is 29.6 Å². The van der Waals surface area contributed by atoms with Crippen molar-refractivity contribution < 1.29 is 36.0 Å². The maximum Gasteiger partial charge on any atom is 0.328 e. The fraction of sp³-hybridized carbons (Fsp3) is 0.500. The highest BCUT2D eigenvalue weighted by Gasteiger charge is 2.64. The number of hydrogen-bond donors (Lipinski definition) is 5. The number of fused-ring (bicyclic) bond motifs is 2. The van der Waals surface area contributed by atoms with Crippen molar-refractivity contribution >= 4 is 49.6 Å². The molecule has 5 N–H and O–H groups in total. The van der Waals surface area contributed by atoms with Gasteiger partial charge >= 0.3 is 12.1 Å². The molecule has 4 atom stereocenters. The molecule has 316 valence electrons. The van der Waals surface area contributed by atoms with E-state index in [4.69, 9.17) is 16.3 Å². The molecule has 0 saturated heterocycles. The third kappa shape index (κ3) is 10.3. The molecule has 13 nitrogen and oxygen atoms in total. The Morgan fingerprint density at radius 3 is 1.91 bits per heavy atom. The Bertz CT molecular complexity index is 2180. The third-order valence-corrected chi connectivity index (χ3v) is 15.6. The van der Waals surface area contributed by atoms with E-state index in [0.29, 0.717) is 41.1 Å². The third-order valence-electron chi connectivity index (χ3n) is 12.7. The number of hydrogen-bond acceptors (Lipinski definition) is 8. The second-order valence-electron chi connectivity index (χ2n) is 16.4. The van der Waals surface area contributed by atoms with Gasteiger partial charge in [-0.15, -0.1) is 0 Å². The van der Waals surface area contributed by atoms with Crippen LogP contribution in [-0.2, 0) is 26.5 Å². The summed E-state index contributed by atoms with van der Waals surface area (Å²) in [4.78, 5) is 37.0. The van der Waals surface area contributed by atoms with Crippen LogP contribution in [0.25, 0.3) is 0 Å². The van der Waals surface area contributed by atoms with Crippen LogP contribution in [-0.4, -0.2) is 60.5 Å². The molecule has 2 bridgehead atoms. The van der Waals surface area contributed by atoms with Crippen LogP contribution in [0.1, 0.15) is 94.1 Å². The van der Waals surface area contributed by atoms with Crippen molar-refractivity contribution in [2.45, 2.75) is 108 Å². The smallest absolute Gasteiger partial charge is 0.328 e. The number of rotatable bonds is 11. The van der Waals surface area contributed by atoms with E-state index in [1.807, 2.05) is 6.92 Å². The highest BCUT2D eigenvalue weighted by Crippen LogP contribution is 2.67. The molecule has 3 fully saturated rings. The number of methoxy groups -OCH3 is 1. The second kappa shape index (κ2) is 18.3. The van der Waals surface area contributed by atoms with Crippen molar-refractivity contribution in [2.75, 3.05) is 13.7 Å². The molecular weight excluding hydrogens is 802 g/mol. The minimum absolute atomic E-state index is 0.00182. The molecule has 6 rings (SSSR count). The van der Waals surface area contributed by atoms with Crippen molar-refractivity contribution in [3.05, 3.63) is 88.4 Å². The highest BCUT2D eigenvalue weighted by molar-refractivity contribution is 7.90. The van der Waals surface area contributed by atoms with E-state index in [2.05, 4.69) is 53.1 Å². The Labute approximate surface area is 347 Å². The van der Waals surface area contributed by atoms with Crippen LogP contribution >= 0.6 is 11.6 Å². The molecule has 0 spiro atoms. The summed E-state index contributed by atoms with van der Waals surface area (Å²) in [6.45, 7) is 11.2. The predicted molar refractivity (Wildman–Crippen MR) is 224 cm³/mol. The summed E-state index contributed by atoms with van der Waals surface area (Å²) < 4.78 is 59.2. The zero-order valence-corrected chi connectivity index (χ0v) is 36.4. The molecule has 16 heteroatoms. The highest BCUT2D eigenvalue weighted by atomic mass is 35.5. The molecule has 3 aliphatic rings. The number of urea groups is 2. The van der Waals surface area contributed by atoms with Gasteiger partial charge < -0.3 is 20.7 Å². The molecule has 3 aromatic rings. The van der Waals surface area contributed by atoms with Crippen LogP contribution < -0.4 is 30.1 Å². The number of halogens is 1. The first-order chi connectivity index (χ1) is 27.3. The first-order valence-electron chi connectivity index (χ1n) is 19.7. The average molecular weight is 859 g/mol. The number of amides is 5. The molecule has 4 unspecified atom stereocenters. The molecule has 0 radical (unpaired) electrons. The van der Waals surface area contributed by atoms with E-state index in [0.717, 1.165) is 56.1 Å². The van der Waals surface area contributed by atoms with E-state index >= 15 is 0 Å². The Morgan fingerprint density at radius 1 is 0.793 bits per heavy atom. The minimum atomic E-state index is -3.97. The Balaban J connectivity index is 0.000000229. The van der Waals surface area contributed by atoms with Crippen molar-refractivity contribution in [1.29, 1.82) is 0 Å². The van der Waals surface area contributed by atoms with Gasteiger partial charge in [0.25, 0.3) is 26.0 Å². The van der Waals surface area contributed by atoms with E-state index in [9.17, 15) is 31.2 Å². The van der Waals surface area contributed by atoms with Crippen LogP contribution in [0.4, 0.5) is 9.59 Å². The van der Waals surface area contributed by atoms with Gasteiger partial charge in [0.1, 0.15) is 5.75 Å². The number of carbonyl (C=O) groups is 3. The lowest BCUT2D eigenvalue weighted by atomic mass is 9.67. The number of carbonyl (C=O) groups excluding carboxylic acids is 3. The second-order valence-corrected chi connectivity index (χ2v) is 20.2. The largest absolute Gasteiger partial charge is 0.496 e. The van der Waals surface area contributed by atoms with Crippen molar-refractivity contribution in [3.8, 4) is 5.75 Å². The quantitative estimate of drug-likeness (QED) is 0.135. The van der Waals surface area contributed by atoms with Crippen molar-refractivity contribution in [2.24, 2.45) is 22.7 Å². The normalized spacial score (nSPS) is 22.5. The summed E-state index contributed by atoms with van der Waals surface area (Å²) >= 11 is 5.96. The lowest BCUT2D eigenvalue weighted by Crippen LogP contribution is -2.49. The van der Waals surface area contributed by atoms with Crippen LogP contribution in [0.5, 0.6) is 5.75 Å². The van der Waals surface area contributed by atoms with E-state index in [1.165, 1.54) is 37.4 Å². The molecule has 5 amide bonds. The zero-order valence-electron chi connectivity index (χ0n) is 34.0. The number of ether oxygens (including phenoxy) is 1. The van der Waals surface area contributed by atoms with Gasteiger partial charge in [-0.1, -0.05) is 88.4 Å². The average Bonchev–Trinajstić information content (AvgIpc) is 3.48. The van der Waals surface area contributed by atoms with Crippen LogP contribution in [0.3, 0.4) is 0 Å². The van der Waals surface area contributed by atoms with Gasteiger partial charge in [0.2, 0.25) is 0 Å². The fourth-order valence-electron chi connectivity index (χ4n) is 8.81. The molecule has 0 aliphatic heterocycles. The molecule has 3 aromatic carbocycles.